The van der Waals surface area contributed by atoms with E-state index in [0.717, 1.165) is 0 Å². The van der Waals surface area contributed by atoms with Gasteiger partial charge in [0.25, 0.3) is 0 Å². The van der Waals surface area contributed by atoms with Crippen molar-refractivity contribution in [3.05, 3.63) is 30.3 Å². The van der Waals surface area contributed by atoms with Crippen LogP contribution in [0, 0.1) is 0 Å². The largest absolute Gasteiger partial charge is 0.371 e. The maximum atomic E-state index is 6.34. The number of rotatable bonds is 2. The minimum absolute atomic E-state index is 0.158. The van der Waals surface area contributed by atoms with Crippen molar-refractivity contribution in [2.24, 2.45) is 0 Å². The molecule has 0 aliphatic carbocycles. The molecule has 2 saturated heterocycles. The molecule has 0 saturated carbocycles. The van der Waals surface area contributed by atoms with E-state index in [4.69, 9.17) is 4.74 Å². The second kappa shape index (κ2) is 5.48. The average molecular weight is 280 g/mol. The first kappa shape index (κ1) is 12.9. The number of thioether (sulfide) groups is 2. The molecule has 0 bridgehead atoms. The normalized spacial score (nSPS) is 30.7. The molecule has 18 heavy (non-hydrogen) atoms. The smallest absolute Gasteiger partial charge is 0.0824 e. The molecule has 3 rings (SSSR count). The fourth-order valence-electron chi connectivity index (χ4n) is 3.02. The Morgan fingerprint density at radius 2 is 1.94 bits per heavy atom. The van der Waals surface area contributed by atoms with Crippen LogP contribution in [-0.2, 0) is 4.74 Å². The maximum Gasteiger partial charge on any atom is 0.0824 e. The standard InChI is InChI=1S/C15H20OS2/c1-12-11-14(18-13-5-3-2-4-6-13)15(16-12)7-9-17-10-8-15/h2-6,12,14H,7-11H2,1H3/t12-,14-/m0/s1. The quantitative estimate of drug-likeness (QED) is 0.802. The molecular weight excluding hydrogens is 260 g/mol. The van der Waals surface area contributed by atoms with Crippen molar-refractivity contribution >= 4 is 23.5 Å². The second-order valence-corrected chi connectivity index (χ2v) is 7.76. The van der Waals surface area contributed by atoms with E-state index in [9.17, 15) is 0 Å². The van der Waals surface area contributed by atoms with Crippen molar-refractivity contribution in [1.29, 1.82) is 0 Å². The lowest BCUT2D eigenvalue weighted by atomic mass is 9.92. The van der Waals surface area contributed by atoms with Gasteiger partial charge in [-0.25, -0.2) is 0 Å². The molecular formula is C15H20OS2. The van der Waals surface area contributed by atoms with E-state index < -0.39 is 0 Å². The molecule has 0 radical (unpaired) electrons. The third kappa shape index (κ3) is 2.59. The summed E-state index contributed by atoms with van der Waals surface area (Å²) in [5.74, 6) is 2.52. The Labute approximate surface area is 118 Å². The fourth-order valence-corrected chi connectivity index (χ4v) is 5.72. The summed E-state index contributed by atoms with van der Waals surface area (Å²) in [7, 11) is 0. The average Bonchev–Trinajstić information content (AvgIpc) is 2.67. The summed E-state index contributed by atoms with van der Waals surface area (Å²) in [6, 6.07) is 10.8. The van der Waals surface area contributed by atoms with Crippen LogP contribution in [0.5, 0.6) is 0 Å². The molecule has 2 atom stereocenters. The molecule has 1 aromatic rings. The monoisotopic (exact) mass is 280 g/mol. The number of benzene rings is 1. The molecule has 98 valence electrons. The fraction of sp³-hybridized carbons (Fsp3) is 0.600. The minimum atomic E-state index is 0.158. The molecule has 1 spiro atoms. The van der Waals surface area contributed by atoms with E-state index in [1.165, 1.54) is 35.7 Å². The highest BCUT2D eigenvalue weighted by atomic mass is 32.2. The van der Waals surface area contributed by atoms with Gasteiger partial charge in [-0.05, 0) is 49.8 Å². The van der Waals surface area contributed by atoms with Gasteiger partial charge in [-0.2, -0.15) is 11.8 Å². The third-order valence-electron chi connectivity index (χ3n) is 3.93. The Bertz CT molecular complexity index is 387. The van der Waals surface area contributed by atoms with Crippen molar-refractivity contribution in [2.45, 2.75) is 48.0 Å². The van der Waals surface area contributed by atoms with Gasteiger partial charge >= 0.3 is 0 Å². The van der Waals surface area contributed by atoms with Crippen molar-refractivity contribution in [3.8, 4) is 0 Å². The highest BCUT2D eigenvalue weighted by molar-refractivity contribution is 8.00. The van der Waals surface area contributed by atoms with Crippen molar-refractivity contribution in [2.75, 3.05) is 11.5 Å². The van der Waals surface area contributed by atoms with Gasteiger partial charge in [-0.3, -0.25) is 0 Å². The van der Waals surface area contributed by atoms with Gasteiger partial charge in [0.1, 0.15) is 0 Å². The first-order chi connectivity index (χ1) is 8.78. The Hall–Kier alpha value is -0.120. The molecule has 0 aromatic heterocycles. The van der Waals surface area contributed by atoms with Crippen LogP contribution in [0.3, 0.4) is 0 Å². The SMILES string of the molecule is C[C@H]1C[C@H](Sc2ccccc2)C2(CCSCC2)O1. The van der Waals surface area contributed by atoms with Crippen molar-refractivity contribution in [1.82, 2.24) is 0 Å². The highest BCUT2D eigenvalue weighted by Gasteiger charge is 2.48. The molecule has 2 aliphatic rings. The van der Waals surface area contributed by atoms with Crippen LogP contribution in [0.25, 0.3) is 0 Å². The van der Waals surface area contributed by atoms with Crippen LogP contribution in [-0.4, -0.2) is 28.5 Å². The second-order valence-electron chi connectivity index (χ2n) is 5.26. The molecule has 1 aromatic carbocycles. The summed E-state index contributed by atoms with van der Waals surface area (Å²) < 4.78 is 6.34. The molecule has 2 heterocycles. The first-order valence-corrected chi connectivity index (χ1v) is 8.79. The third-order valence-corrected chi connectivity index (χ3v) is 6.37. The zero-order valence-electron chi connectivity index (χ0n) is 10.8. The Kier molecular flexibility index (Phi) is 3.92. The summed E-state index contributed by atoms with van der Waals surface area (Å²) in [4.78, 5) is 1.39. The molecule has 2 fully saturated rings. The summed E-state index contributed by atoms with van der Waals surface area (Å²) in [6.07, 6.45) is 4.08. The van der Waals surface area contributed by atoms with Crippen LogP contribution in [0.1, 0.15) is 26.2 Å². The van der Waals surface area contributed by atoms with Gasteiger partial charge in [0.2, 0.25) is 0 Å². The van der Waals surface area contributed by atoms with Crippen molar-refractivity contribution < 1.29 is 4.74 Å². The topological polar surface area (TPSA) is 9.23 Å². The molecule has 1 nitrogen and oxygen atoms in total. The zero-order valence-corrected chi connectivity index (χ0v) is 12.4. The van der Waals surface area contributed by atoms with Crippen LogP contribution < -0.4 is 0 Å². The van der Waals surface area contributed by atoms with E-state index in [1.54, 1.807) is 0 Å². The summed E-state index contributed by atoms with van der Waals surface area (Å²) in [6.45, 7) is 2.23. The molecule has 0 amide bonds. The lowest BCUT2D eigenvalue weighted by Crippen LogP contribution is -2.41. The minimum Gasteiger partial charge on any atom is -0.371 e. The lowest BCUT2D eigenvalue weighted by molar-refractivity contribution is -0.0368. The van der Waals surface area contributed by atoms with Crippen LogP contribution in [0.4, 0.5) is 0 Å². The van der Waals surface area contributed by atoms with E-state index in [-0.39, 0.29) is 5.60 Å². The molecule has 2 aliphatic heterocycles. The van der Waals surface area contributed by atoms with Gasteiger partial charge < -0.3 is 4.74 Å². The number of ether oxygens (including phenoxy) is 1. The van der Waals surface area contributed by atoms with E-state index in [1.807, 2.05) is 11.8 Å². The predicted octanol–water partition coefficient (Wildman–Crippen LogP) is 4.22. The number of hydrogen-bond donors (Lipinski definition) is 0. The Morgan fingerprint density at radius 1 is 1.22 bits per heavy atom. The summed E-state index contributed by atoms with van der Waals surface area (Å²) in [5, 5.41) is 0.635. The lowest BCUT2D eigenvalue weighted by Gasteiger charge is -2.37. The van der Waals surface area contributed by atoms with Crippen LogP contribution in [0.2, 0.25) is 0 Å². The highest BCUT2D eigenvalue weighted by Crippen LogP contribution is 2.48. The zero-order chi connectivity index (χ0) is 12.4. The van der Waals surface area contributed by atoms with Crippen LogP contribution >= 0.6 is 23.5 Å². The Balaban J connectivity index is 1.77. The van der Waals surface area contributed by atoms with E-state index >= 15 is 0 Å². The molecule has 0 unspecified atom stereocenters. The van der Waals surface area contributed by atoms with Gasteiger partial charge in [0.05, 0.1) is 11.7 Å². The summed E-state index contributed by atoms with van der Waals surface area (Å²) >= 11 is 4.10. The van der Waals surface area contributed by atoms with Gasteiger partial charge in [0, 0.05) is 10.1 Å². The maximum absolute atomic E-state index is 6.34. The van der Waals surface area contributed by atoms with Crippen molar-refractivity contribution in [3.63, 3.8) is 0 Å². The predicted molar refractivity (Wildman–Crippen MR) is 80.5 cm³/mol. The molecule has 0 N–H and O–H groups in total. The van der Waals surface area contributed by atoms with Crippen LogP contribution in [0.15, 0.2) is 35.2 Å². The van der Waals surface area contributed by atoms with E-state index in [2.05, 4.69) is 49.0 Å². The Morgan fingerprint density at radius 3 is 2.67 bits per heavy atom. The van der Waals surface area contributed by atoms with Gasteiger partial charge in [0.15, 0.2) is 0 Å². The summed E-state index contributed by atoms with van der Waals surface area (Å²) in [5.41, 5.74) is 0.158. The number of hydrogen-bond acceptors (Lipinski definition) is 3. The van der Waals surface area contributed by atoms with Gasteiger partial charge in [-0.1, -0.05) is 18.2 Å². The molecule has 3 heteroatoms. The van der Waals surface area contributed by atoms with Gasteiger partial charge in [-0.15, -0.1) is 11.8 Å². The van der Waals surface area contributed by atoms with E-state index in [0.29, 0.717) is 11.4 Å². The first-order valence-electron chi connectivity index (χ1n) is 6.76.